The quantitative estimate of drug-likeness (QED) is 0.267. The van der Waals surface area contributed by atoms with E-state index in [9.17, 15) is 24.3 Å². The Hall–Kier alpha value is -5.68. The van der Waals surface area contributed by atoms with Crippen molar-refractivity contribution in [1.82, 2.24) is 20.0 Å². The van der Waals surface area contributed by atoms with Gasteiger partial charge in [-0.05, 0) is 84.4 Å². The largest absolute Gasteiger partial charge is 0.508 e. The molecule has 11 nitrogen and oxygen atoms in total. The highest BCUT2D eigenvalue weighted by Gasteiger charge is 2.46. The first-order valence-electron chi connectivity index (χ1n) is 19.9. The molecule has 1 spiro atoms. The minimum atomic E-state index is -0.632. The number of rotatable bonds is 6. The van der Waals surface area contributed by atoms with Crippen molar-refractivity contribution in [3.63, 3.8) is 0 Å². The summed E-state index contributed by atoms with van der Waals surface area (Å²) in [5.74, 6) is 0.462. The molecule has 4 amide bonds. The molecule has 56 heavy (non-hydrogen) atoms. The van der Waals surface area contributed by atoms with Gasteiger partial charge in [-0.3, -0.25) is 29.4 Å². The number of fused-ring (bicyclic) bond motifs is 3. The van der Waals surface area contributed by atoms with Crippen LogP contribution < -0.4 is 15.0 Å². The Balaban J connectivity index is 0.732. The summed E-state index contributed by atoms with van der Waals surface area (Å²) >= 11 is 0. The van der Waals surface area contributed by atoms with E-state index in [0.717, 1.165) is 67.0 Å². The van der Waals surface area contributed by atoms with Gasteiger partial charge in [-0.2, -0.15) is 0 Å². The zero-order valence-corrected chi connectivity index (χ0v) is 31.3. The van der Waals surface area contributed by atoms with Crippen molar-refractivity contribution in [3.05, 3.63) is 124 Å². The van der Waals surface area contributed by atoms with E-state index >= 15 is 0 Å². The van der Waals surface area contributed by atoms with Crippen LogP contribution in [-0.4, -0.2) is 88.8 Å². The summed E-state index contributed by atoms with van der Waals surface area (Å²) in [5, 5.41) is 12.5. The average molecular weight is 752 g/mol. The number of piperidine rings is 2. The molecule has 3 atom stereocenters. The molecule has 6 heterocycles. The van der Waals surface area contributed by atoms with E-state index in [4.69, 9.17) is 4.74 Å². The SMILES string of the molecule is O=C1CCC(N2Cc3cc4c(cc3C2=O)CN(C(=O)CN2CCC3(CC2)CN(c2ccc([C@H]5c6ccc(O)cc6OC[C@H]5c5ccccc5)cc2)C3)C4)C(=O)N1. The summed E-state index contributed by atoms with van der Waals surface area (Å²) < 4.78 is 6.16. The number of amides is 4. The molecule has 0 aromatic heterocycles. The minimum Gasteiger partial charge on any atom is -0.508 e. The summed E-state index contributed by atoms with van der Waals surface area (Å²) in [6.45, 7) is 6.14. The molecule has 0 saturated carbocycles. The summed E-state index contributed by atoms with van der Waals surface area (Å²) in [5.41, 5.74) is 8.60. The molecule has 2 N–H and O–H groups in total. The van der Waals surface area contributed by atoms with Crippen LogP contribution in [0, 0.1) is 5.41 Å². The summed E-state index contributed by atoms with van der Waals surface area (Å²) in [6.07, 6.45) is 2.71. The highest BCUT2D eigenvalue weighted by Crippen LogP contribution is 2.48. The Morgan fingerprint density at radius 3 is 2.34 bits per heavy atom. The maximum Gasteiger partial charge on any atom is 0.255 e. The molecule has 4 aromatic carbocycles. The van der Waals surface area contributed by atoms with Crippen molar-refractivity contribution in [2.45, 2.75) is 63.2 Å². The smallest absolute Gasteiger partial charge is 0.255 e. The second-order valence-corrected chi connectivity index (χ2v) is 16.7. The maximum absolute atomic E-state index is 13.5. The lowest BCUT2D eigenvalue weighted by Crippen LogP contribution is -2.61. The van der Waals surface area contributed by atoms with Crippen LogP contribution in [0.15, 0.2) is 84.9 Å². The molecule has 11 heteroatoms. The first kappa shape index (κ1) is 34.8. The standard InChI is InChI=1S/C45H45N5O6/c51-34-10-11-35-39(20-34)56-25-37(28-4-2-1-3-5-28)42(35)29-6-8-33(9-7-29)49-26-45(27-49)14-16-47(17-15-45)24-41(53)48-21-30-18-32-23-50(38-12-13-40(52)46-43(38)54)44(55)36(32)19-31(30)22-48/h1-11,18-20,37-38,42,51H,12-17,21-27H2,(H,46,52,54)/t37-,38?,42-/m0/s1. The Bertz CT molecular complexity index is 2240. The number of carbonyl (C=O) groups is 4. The number of hydrogen-bond donors (Lipinski definition) is 2. The monoisotopic (exact) mass is 751 g/mol. The van der Waals surface area contributed by atoms with E-state index in [0.29, 0.717) is 44.8 Å². The molecular formula is C45H45N5O6. The van der Waals surface area contributed by atoms with Crippen LogP contribution in [0.25, 0.3) is 0 Å². The molecule has 1 unspecified atom stereocenters. The second-order valence-electron chi connectivity index (χ2n) is 16.7. The number of aromatic hydroxyl groups is 1. The van der Waals surface area contributed by atoms with Gasteiger partial charge in [0.25, 0.3) is 5.91 Å². The molecule has 6 aliphatic heterocycles. The second kappa shape index (κ2) is 13.5. The fourth-order valence-corrected chi connectivity index (χ4v) is 10.1. The normalized spacial score (nSPS) is 24.0. The van der Waals surface area contributed by atoms with Crippen LogP contribution in [0.5, 0.6) is 11.5 Å². The number of imide groups is 1. The number of ether oxygens (including phenoxy) is 1. The lowest BCUT2D eigenvalue weighted by Gasteiger charge is -2.55. The summed E-state index contributed by atoms with van der Waals surface area (Å²) in [4.78, 5) is 59.2. The van der Waals surface area contributed by atoms with Crippen LogP contribution in [0.2, 0.25) is 0 Å². The molecule has 3 saturated heterocycles. The fraction of sp³-hybridized carbons (Fsp3) is 0.378. The van der Waals surface area contributed by atoms with Crippen LogP contribution in [0.3, 0.4) is 0 Å². The number of hydrogen-bond acceptors (Lipinski definition) is 8. The highest BCUT2D eigenvalue weighted by molar-refractivity contribution is 6.05. The van der Waals surface area contributed by atoms with Crippen molar-refractivity contribution in [1.29, 1.82) is 0 Å². The number of phenols is 1. The summed E-state index contributed by atoms with van der Waals surface area (Å²) in [7, 11) is 0. The Morgan fingerprint density at radius 1 is 0.839 bits per heavy atom. The van der Waals surface area contributed by atoms with Gasteiger partial charge in [-0.25, -0.2) is 0 Å². The minimum absolute atomic E-state index is 0.114. The van der Waals surface area contributed by atoms with Gasteiger partial charge in [0.2, 0.25) is 17.7 Å². The van der Waals surface area contributed by atoms with Crippen LogP contribution in [0.4, 0.5) is 5.69 Å². The average Bonchev–Trinajstić information content (AvgIpc) is 3.76. The van der Waals surface area contributed by atoms with Gasteiger partial charge < -0.3 is 24.5 Å². The Labute approximate surface area is 325 Å². The van der Waals surface area contributed by atoms with Crippen molar-refractivity contribution < 1.29 is 29.0 Å². The van der Waals surface area contributed by atoms with Gasteiger partial charge in [0.1, 0.15) is 17.5 Å². The third-order valence-electron chi connectivity index (χ3n) is 13.2. The number of carbonyl (C=O) groups excluding carboxylic acids is 4. The number of nitrogens with one attached hydrogen (secondary N) is 1. The molecular weight excluding hydrogens is 707 g/mol. The molecule has 0 bridgehead atoms. The lowest BCUT2D eigenvalue weighted by molar-refractivity contribution is -0.137. The number of likely N-dealkylation sites (tertiary alicyclic amines) is 1. The maximum atomic E-state index is 13.5. The van der Waals surface area contributed by atoms with E-state index < -0.39 is 11.9 Å². The van der Waals surface area contributed by atoms with Gasteiger partial charge in [0.05, 0.1) is 13.2 Å². The van der Waals surface area contributed by atoms with Crippen molar-refractivity contribution in [2.75, 3.05) is 44.2 Å². The molecule has 286 valence electrons. The number of nitrogens with zero attached hydrogens (tertiary/aromatic N) is 4. The molecule has 0 aliphatic carbocycles. The van der Waals surface area contributed by atoms with Gasteiger partial charge in [0.15, 0.2) is 0 Å². The first-order chi connectivity index (χ1) is 27.2. The fourth-order valence-electron chi connectivity index (χ4n) is 10.1. The molecule has 6 aliphatic rings. The number of anilines is 1. The third-order valence-corrected chi connectivity index (χ3v) is 13.2. The number of benzene rings is 4. The van der Waals surface area contributed by atoms with Crippen LogP contribution in [0.1, 0.15) is 81.3 Å². The van der Waals surface area contributed by atoms with Crippen molar-refractivity contribution in [2.24, 2.45) is 5.41 Å². The van der Waals surface area contributed by atoms with Gasteiger partial charge in [0, 0.05) is 79.3 Å². The first-order valence-corrected chi connectivity index (χ1v) is 19.9. The molecule has 4 aromatic rings. The van der Waals surface area contributed by atoms with E-state index in [-0.39, 0.29) is 47.1 Å². The summed E-state index contributed by atoms with van der Waals surface area (Å²) in [6, 6.07) is 28.3. The van der Waals surface area contributed by atoms with Crippen LogP contribution >= 0.6 is 0 Å². The van der Waals surface area contributed by atoms with Crippen molar-refractivity contribution >= 4 is 29.3 Å². The third kappa shape index (κ3) is 6.09. The van der Waals surface area contributed by atoms with E-state index in [2.05, 4.69) is 63.6 Å². The van der Waals surface area contributed by atoms with Gasteiger partial charge in [-0.1, -0.05) is 54.6 Å². The lowest BCUT2D eigenvalue weighted by atomic mass is 9.71. The molecule has 3 fully saturated rings. The Kier molecular flexibility index (Phi) is 8.39. The highest BCUT2D eigenvalue weighted by atomic mass is 16.5. The van der Waals surface area contributed by atoms with Crippen molar-refractivity contribution in [3.8, 4) is 11.5 Å². The zero-order valence-electron chi connectivity index (χ0n) is 31.3. The molecule has 10 rings (SSSR count). The predicted molar refractivity (Wildman–Crippen MR) is 208 cm³/mol. The van der Waals surface area contributed by atoms with Gasteiger partial charge >= 0.3 is 0 Å². The predicted octanol–water partition coefficient (Wildman–Crippen LogP) is 4.91. The Morgan fingerprint density at radius 2 is 1.59 bits per heavy atom. The van der Waals surface area contributed by atoms with E-state index in [1.807, 2.05) is 29.2 Å². The van der Waals surface area contributed by atoms with E-state index in [1.165, 1.54) is 16.8 Å². The number of phenolic OH excluding ortho intramolecular Hbond substituents is 1. The van der Waals surface area contributed by atoms with Gasteiger partial charge in [-0.15, -0.1) is 0 Å². The topological polar surface area (TPSA) is 123 Å². The van der Waals surface area contributed by atoms with Crippen LogP contribution in [-0.2, 0) is 34.0 Å². The molecule has 0 radical (unpaired) electrons. The zero-order chi connectivity index (χ0) is 38.1. The van der Waals surface area contributed by atoms with E-state index in [1.54, 1.807) is 17.0 Å².